The van der Waals surface area contributed by atoms with Gasteiger partial charge in [0.1, 0.15) is 18.1 Å². The number of nitrogens with zero attached hydrogens (tertiary/aromatic N) is 1. The fourth-order valence-electron chi connectivity index (χ4n) is 3.39. The van der Waals surface area contributed by atoms with Gasteiger partial charge >= 0.3 is 5.97 Å². The first-order valence-corrected chi connectivity index (χ1v) is 12.7. The molecule has 5 atom stereocenters. The number of carbonyl (C=O) groups excluding carboxylic acids is 3. The minimum absolute atomic E-state index is 0.0530. The molecule has 0 radical (unpaired) electrons. The van der Waals surface area contributed by atoms with Gasteiger partial charge in [-0.2, -0.15) is 12.6 Å². The van der Waals surface area contributed by atoms with Crippen molar-refractivity contribution >= 4 is 42.3 Å². The van der Waals surface area contributed by atoms with E-state index >= 15 is 0 Å². The number of aliphatic imine (C=N–C) groups is 1. The maximum absolute atomic E-state index is 13.1. The molecule has 0 aliphatic rings. The molecule has 0 spiro atoms. The predicted octanol–water partition coefficient (Wildman–Crippen LogP) is -0.875. The average Bonchev–Trinajstić information content (AvgIpc) is 2.87. The van der Waals surface area contributed by atoms with Crippen LogP contribution in [0.1, 0.15) is 38.7 Å². The number of thiol groups is 1. The molecule has 37 heavy (non-hydrogen) atoms. The molecule has 206 valence electrons. The zero-order chi connectivity index (χ0) is 28.0. The van der Waals surface area contributed by atoms with Gasteiger partial charge in [-0.15, -0.1) is 0 Å². The van der Waals surface area contributed by atoms with E-state index in [1.807, 2.05) is 13.0 Å². The molecule has 0 aliphatic heterocycles. The van der Waals surface area contributed by atoms with Crippen LogP contribution >= 0.6 is 12.6 Å². The van der Waals surface area contributed by atoms with Crippen LogP contribution in [-0.4, -0.2) is 71.2 Å². The zero-order valence-electron chi connectivity index (χ0n) is 21.2. The van der Waals surface area contributed by atoms with Gasteiger partial charge in [0.15, 0.2) is 5.96 Å². The third-order valence-corrected chi connectivity index (χ3v) is 6.18. The second-order valence-electron chi connectivity index (χ2n) is 8.76. The lowest BCUT2D eigenvalue weighted by molar-refractivity contribution is -0.143. The molecule has 0 saturated heterocycles. The minimum atomic E-state index is -1.16. The SMILES string of the molecule is CCC(C)C(NC(=O)C(Cc1ccccc1)NC(=O)C(CS)NC(=O)C(N)CCCN=C(N)N)C(=O)O. The van der Waals surface area contributed by atoms with Crippen LogP contribution in [0.2, 0.25) is 0 Å². The summed E-state index contributed by atoms with van der Waals surface area (Å²) >= 11 is 4.16. The Bertz CT molecular complexity index is 927. The van der Waals surface area contributed by atoms with Crippen LogP contribution in [0.5, 0.6) is 0 Å². The zero-order valence-corrected chi connectivity index (χ0v) is 22.1. The molecule has 10 N–H and O–H groups in total. The number of carboxylic acid groups (broad SMARTS) is 1. The van der Waals surface area contributed by atoms with Gasteiger partial charge in [0.25, 0.3) is 0 Å². The fraction of sp³-hybridized carbons (Fsp3) is 0.542. The Labute approximate surface area is 222 Å². The van der Waals surface area contributed by atoms with Gasteiger partial charge in [-0.05, 0) is 24.3 Å². The normalized spacial score (nSPS) is 14.8. The highest BCUT2D eigenvalue weighted by Crippen LogP contribution is 2.10. The number of hydrogen-bond donors (Lipinski definition) is 8. The van der Waals surface area contributed by atoms with Gasteiger partial charge < -0.3 is 38.3 Å². The van der Waals surface area contributed by atoms with E-state index in [1.54, 1.807) is 31.2 Å². The quantitative estimate of drug-likeness (QED) is 0.0572. The third kappa shape index (κ3) is 11.5. The molecular formula is C24H39N7O5S. The largest absolute Gasteiger partial charge is 0.480 e. The highest BCUT2D eigenvalue weighted by Gasteiger charge is 2.31. The number of carbonyl (C=O) groups is 4. The van der Waals surface area contributed by atoms with Crippen LogP contribution < -0.4 is 33.2 Å². The number of amides is 3. The first-order valence-electron chi connectivity index (χ1n) is 12.1. The molecule has 5 unspecified atom stereocenters. The summed E-state index contributed by atoms with van der Waals surface area (Å²) in [6.45, 7) is 3.85. The summed E-state index contributed by atoms with van der Waals surface area (Å²) < 4.78 is 0. The molecule has 0 heterocycles. The minimum Gasteiger partial charge on any atom is -0.480 e. The molecule has 0 aliphatic carbocycles. The summed E-state index contributed by atoms with van der Waals surface area (Å²) in [5.74, 6) is -3.46. The molecule has 3 amide bonds. The van der Waals surface area contributed by atoms with E-state index in [-0.39, 0.29) is 30.5 Å². The van der Waals surface area contributed by atoms with E-state index < -0.39 is 47.9 Å². The first kappa shape index (κ1) is 31.7. The molecule has 0 fully saturated rings. The molecule has 0 bridgehead atoms. The summed E-state index contributed by atoms with van der Waals surface area (Å²) in [6.07, 6.45) is 1.40. The molecule has 1 aromatic rings. The van der Waals surface area contributed by atoms with Crippen molar-refractivity contribution < 1.29 is 24.3 Å². The van der Waals surface area contributed by atoms with Crippen molar-refractivity contribution in [1.29, 1.82) is 0 Å². The Morgan fingerprint density at radius 2 is 1.59 bits per heavy atom. The Kier molecular flexibility index (Phi) is 14.1. The number of benzene rings is 1. The summed E-state index contributed by atoms with van der Waals surface area (Å²) in [5.41, 5.74) is 17.2. The standard InChI is InChI=1S/C24H39N7O5S/c1-3-14(2)19(23(35)36)31-21(33)17(12-15-8-5-4-6-9-15)29-22(34)18(13-37)30-20(32)16(25)10-7-11-28-24(26)27/h4-6,8-9,14,16-19,37H,3,7,10-13,25H2,1-2H3,(H,29,34)(H,30,32)(H,31,33)(H,35,36)(H4,26,27,28). The Hall–Kier alpha value is -3.32. The van der Waals surface area contributed by atoms with E-state index in [9.17, 15) is 24.3 Å². The number of nitrogens with two attached hydrogens (primary N) is 3. The van der Waals surface area contributed by atoms with Gasteiger partial charge in [-0.1, -0.05) is 50.6 Å². The Balaban J connectivity index is 2.94. The number of nitrogens with one attached hydrogen (secondary N) is 3. The summed E-state index contributed by atoms with van der Waals surface area (Å²) in [5, 5.41) is 17.3. The molecule has 13 heteroatoms. The maximum Gasteiger partial charge on any atom is 0.326 e. The van der Waals surface area contributed by atoms with Crippen LogP contribution in [0.15, 0.2) is 35.3 Å². The second kappa shape index (κ2) is 16.4. The topological polar surface area (TPSA) is 215 Å². The number of rotatable bonds is 16. The first-order chi connectivity index (χ1) is 17.5. The van der Waals surface area contributed by atoms with Crippen molar-refractivity contribution in [3.8, 4) is 0 Å². The van der Waals surface area contributed by atoms with Crippen LogP contribution in [0.3, 0.4) is 0 Å². The highest BCUT2D eigenvalue weighted by atomic mass is 32.1. The van der Waals surface area contributed by atoms with Gasteiger partial charge in [0.2, 0.25) is 17.7 Å². The lowest BCUT2D eigenvalue weighted by Crippen LogP contribution is -2.58. The van der Waals surface area contributed by atoms with Crippen molar-refractivity contribution in [2.75, 3.05) is 12.3 Å². The molecule has 0 saturated carbocycles. The smallest absolute Gasteiger partial charge is 0.326 e. The average molecular weight is 538 g/mol. The van der Waals surface area contributed by atoms with Gasteiger partial charge in [-0.25, -0.2) is 4.79 Å². The molecular weight excluding hydrogens is 498 g/mol. The summed E-state index contributed by atoms with van der Waals surface area (Å²) in [6, 6.07) is 4.78. The van der Waals surface area contributed by atoms with Crippen LogP contribution in [0.25, 0.3) is 0 Å². The maximum atomic E-state index is 13.1. The van der Waals surface area contributed by atoms with Crippen molar-refractivity contribution in [2.45, 2.75) is 63.7 Å². The van der Waals surface area contributed by atoms with E-state index in [0.29, 0.717) is 19.4 Å². The fourth-order valence-corrected chi connectivity index (χ4v) is 3.65. The molecule has 0 aromatic heterocycles. The van der Waals surface area contributed by atoms with E-state index in [4.69, 9.17) is 17.2 Å². The number of aliphatic carboxylic acids is 1. The lowest BCUT2D eigenvalue weighted by Gasteiger charge is -2.26. The Morgan fingerprint density at radius 1 is 1.00 bits per heavy atom. The van der Waals surface area contributed by atoms with Crippen molar-refractivity contribution in [2.24, 2.45) is 28.1 Å². The molecule has 1 rings (SSSR count). The lowest BCUT2D eigenvalue weighted by atomic mass is 9.98. The van der Waals surface area contributed by atoms with E-state index in [2.05, 4.69) is 33.6 Å². The van der Waals surface area contributed by atoms with Gasteiger partial charge in [0, 0.05) is 18.7 Å². The van der Waals surface area contributed by atoms with Crippen LogP contribution in [-0.2, 0) is 25.6 Å². The van der Waals surface area contributed by atoms with E-state index in [1.165, 1.54) is 0 Å². The van der Waals surface area contributed by atoms with Gasteiger partial charge in [-0.3, -0.25) is 19.4 Å². The molecule has 12 nitrogen and oxygen atoms in total. The number of hydrogen-bond acceptors (Lipinski definition) is 7. The molecule has 1 aromatic carbocycles. The van der Waals surface area contributed by atoms with E-state index in [0.717, 1.165) is 5.56 Å². The number of guanidine groups is 1. The highest BCUT2D eigenvalue weighted by molar-refractivity contribution is 7.80. The summed E-state index contributed by atoms with van der Waals surface area (Å²) in [4.78, 5) is 54.2. The van der Waals surface area contributed by atoms with Crippen molar-refractivity contribution in [3.05, 3.63) is 35.9 Å². The van der Waals surface area contributed by atoms with Gasteiger partial charge in [0.05, 0.1) is 6.04 Å². The second-order valence-corrected chi connectivity index (χ2v) is 9.13. The van der Waals surface area contributed by atoms with Crippen molar-refractivity contribution in [1.82, 2.24) is 16.0 Å². The Morgan fingerprint density at radius 3 is 2.14 bits per heavy atom. The summed E-state index contributed by atoms with van der Waals surface area (Å²) in [7, 11) is 0. The van der Waals surface area contributed by atoms with Crippen LogP contribution in [0, 0.1) is 5.92 Å². The third-order valence-electron chi connectivity index (χ3n) is 5.81. The van der Waals surface area contributed by atoms with Crippen molar-refractivity contribution in [3.63, 3.8) is 0 Å². The monoisotopic (exact) mass is 537 g/mol. The predicted molar refractivity (Wildman–Crippen MR) is 145 cm³/mol. The van der Waals surface area contributed by atoms with Crippen LogP contribution in [0.4, 0.5) is 0 Å². The number of carboxylic acids is 1.